The van der Waals surface area contributed by atoms with Crippen LogP contribution in [0.1, 0.15) is 11.6 Å². The molecule has 5 nitrogen and oxygen atoms in total. The van der Waals surface area contributed by atoms with Crippen molar-refractivity contribution in [2.75, 3.05) is 20.6 Å². The van der Waals surface area contributed by atoms with Gasteiger partial charge in [-0.25, -0.2) is 4.39 Å². The average molecular weight is 332 g/mol. The molecule has 0 spiro atoms. The number of nitrogens with two attached hydrogens (primary N) is 1. The minimum absolute atomic E-state index is 0.101. The molecular formula is C12H15BrFN3O2. The molecule has 1 aromatic rings. The summed E-state index contributed by atoms with van der Waals surface area (Å²) in [7, 11) is 3.17. The third kappa shape index (κ3) is 4.29. The van der Waals surface area contributed by atoms with E-state index in [9.17, 15) is 14.0 Å². The van der Waals surface area contributed by atoms with Gasteiger partial charge < -0.3 is 10.6 Å². The summed E-state index contributed by atoms with van der Waals surface area (Å²) in [5.41, 5.74) is 5.35. The van der Waals surface area contributed by atoms with Gasteiger partial charge in [-0.05, 0) is 12.1 Å². The minimum atomic E-state index is -1.04. The van der Waals surface area contributed by atoms with Crippen LogP contribution in [-0.4, -0.2) is 37.4 Å². The first kappa shape index (κ1) is 15.6. The Labute approximate surface area is 119 Å². The van der Waals surface area contributed by atoms with Crippen molar-refractivity contribution in [2.45, 2.75) is 6.04 Å². The van der Waals surface area contributed by atoms with Crippen molar-refractivity contribution in [1.29, 1.82) is 0 Å². The van der Waals surface area contributed by atoms with Crippen LogP contribution in [0.2, 0.25) is 0 Å². The first-order valence-electron chi connectivity index (χ1n) is 5.50. The van der Waals surface area contributed by atoms with E-state index in [0.717, 1.165) is 0 Å². The zero-order valence-corrected chi connectivity index (χ0v) is 12.2. The molecule has 0 aliphatic carbocycles. The fourth-order valence-electron chi connectivity index (χ4n) is 1.45. The van der Waals surface area contributed by atoms with Gasteiger partial charge in [0.2, 0.25) is 11.8 Å². The number of benzene rings is 1. The molecule has 19 heavy (non-hydrogen) atoms. The van der Waals surface area contributed by atoms with E-state index in [1.54, 1.807) is 20.2 Å². The smallest absolute Gasteiger partial charge is 0.239 e. The number of carbonyl (C=O) groups is 2. The van der Waals surface area contributed by atoms with Gasteiger partial charge in [0, 0.05) is 24.1 Å². The molecule has 0 bridgehead atoms. The second kappa shape index (κ2) is 6.63. The molecular weight excluding hydrogens is 317 g/mol. The molecule has 0 saturated heterocycles. The highest BCUT2D eigenvalue weighted by Gasteiger charge is 2.22. The molecule has 0 saturated carbocycles. The van der Waals surface area contributed by atoms with Gasteiger partial charge in [-0.15, -0.1) is 0 Å². The maximum atomic E-state index is 13.8. The molecule has 0 aliphatic heterocycles. The van der Waals surface area contributed by atoms with Crippen LogP contribution in [0.4, 0.5) is 4.39 Å². The topological polar surface area (TPSA) is 75.4 Å². The normalized spacial score (nSPS) is 12.0. The quantitative estimate of drug-likeness (QED) is 0.837. The summed E-state index contributed by atoms with van der Waals surface area (Å²) in [5.74, 6) is -1.54. The summed E-state index contributed by atoms with van der Waals surface area (Å²) in [5, 5.41) is 2.66. The number of primary amides is 1. The lowest BCUT2D eigenvalue weighted by Crippen LogP contribution is -2.40. The third-order valence-corrected chi connectivity index (χ3v) is 3.01. The first-order valence-corrected chi connectivity index (χ1v) is 6.30. The molecule has 1 atom stereocenters. The monoisotopic (exact) mass is 331 g/mol. The van der Waals surface area contributed by atoms with Crippen molar-refractivity contribution in [3.8, 4) is 0 Å². The Morgan fingerprint density at radius 2 is 2.11 bits per heavy atom. The number of nitrogens with one attached hydrogen (secondary N) is 1. The number of rotatable bonds is 5. The lowest BCUT2D eigenvalue weighted by atomic mass is 10.1. The van der Waals surface area contributed by atoms with Gasteiger partial charge in [-0.2, -0.15) is 0 Å². The standard InChI is InChI=1S/C12H15BrFN3O2/c1-17(2)10(18)6-16-11(12(15)19)8-4-3-7(13)5-9(8)14/h3-5,11,16H,6H2,1-2H3,(H2,15,19)/t11-/m0/s1. The zero-order valence-electron chi connectivity index (χ0n) is 10.6. The minimum Gasteiger partial charge on any atom is -0.368 e. The summed E-state index contributed by atoms with van der Waals surface area (Å²) >= 11 is 3.13. The Kier molecular flexibility index (Phi) is 5.44. The van der Waals surface area contributed by atoms with Crippen molar-refractivity contribution in [3.05, 3.63) is 34.1 Å². The molecule has 0 heterocycles. The maximum Gasteiger partial charge on any atom is 0.239 e. The molecule has 2 amide bonds. The highest BCUT2D eigenvalue weighted by Crippen LogP contribution is 2.21. The highest BCUT2D eigenvalue weighted by molar-refractivity contribution is 9.10. The van der Waals surface area contributed by atoms with Crippen molar-refractivity contribution in [3.63, 3.8) is 0 Å². The predicted octanol–water partition coefficient (Wildman–Crippen LogP) is 0.792. The van der Waals surface area contributed by atoms with Crippen LogP contribution in [0.5, 0.6) is 0 Å². The summed E-state index contributed by atoms with van der Waals surface area (Å²) in [6, 6.07) is 3.24. The third-order valence-electron chi connectivity index (χ3n) is 2.51. The van der Waals surface area contributed by atoms with Crippen molar-refractivity contribution < 1.29 is 14.0 Å². The number of nitrogens with zero attached hydrogens (tertiary/aromatic N) is 1. The van der Waals surface area contributed by atoms with Gasteiger partial charge in [0.25, 0.3) is 0 Å². The summed E-state index contributed by atoms with van der Waals surface area (Å²) in [6.45, 7) is -0.101. The van der Waals surface area contributed by atoms with Gasteiger partial charge in [0.1, 0.15) is 11.9 Å². The molecule has 1 aromatic carbocycles. The lowest BCUT2D eigenvalue weighted by Gasteiger charge is -2.18. The second-order valence-corrected chi connectivity index (χ2v) is 5.09. The Bertz CT molecular complexity index is 494. The van der Waals surface area contributed by atoms with Crippen LogP contribution in [0, 0.1) is 5.82 Å². The van der Waals surface area contributed by atoms with Crippen LogP contribution < -0.4 is 11.1 Å². The maximum absolute atomic E-state index is 13.8. The Morgan fingerprint density at radius 3 is 2.58 bits per heavy atom. The number of hydrogen-bond acceptors (Lipinski definition) is 3. The van der Waals surface area contributed by atoms with Gasteiger partial charge in [-0.1, -0.05) is 22.0 Å². The Hall–Kier alpha value is -1.47. The van der Waals surface area contributed by atoms with Crippen LogP contribution in [0.25, 0.3) is 0 Å². The summed E-state index contributed by atoms with van der Waals surface area (Å²) in [4.78, 5) is 24.2. The molecule has 7 heteroatoms. The van der Waals surface area contributed by atoms with Crippen molar-refractivity contribution in [1.82, 2.24) is 10.2 Å². The van der Waals surface area contributed by atoms with E-state index >= 15 is 0 Å². The van der Waals surface area contributed by atoms with Crippen LogP contribution in [0.3, 0.4) is 0 Å². The molecule has 0 aromatic heterocycles. The molecule has 104 valence electrons. The van der Waals surface area contributed by atoms with E-state index in [-0.39, 0.29) is 18.0 Å². The molecule has 0 radical (unpaired) electrons. The Balaban J connectivity index is 2.89. The zero-order chi connectivity index (χ0) is 14.6. The number of carbonyl (C=O) groups excluding carboxylic acids is 2. The second-order valence-electron chi connectivity index (χ2n) is 4.17. The predicted molar refractivity (Wildman–Crippen MR) is 72.7 cm³/mol. The van der Waals surface area contributed by atoms with Crippen LogP contribution in [0.15, 0.2) is 22.7 Å². The van der Waals surface area contributed by atoms with Crippen molar-refractivity contribution in [2.24, 2.45) is 5.73 Å². The van der Waals surface area contributed by atoms with Gasteiger partial charge in [0.05, 0.1) is 6.54 Å². The molecule has 0 aliphatic rings. The van der Waals surface area contributed by atoms with Gasteiger partial charge in [-0.3, -0.25) is 14.9 Å². The number of halogens is 2. The largest absolute Gasteiger partial charge is 0.368 e. The molecule has 3 N–H and O–H groups in total. The fraction of sp³-hybridized carbons (Fsp3) is 0.333. The van der Waals surface area contributed by atoms with Crippen molar-refractivity contribution >= 4 is 27.7 Å². The summed E-state index contributed by atoms with van der Waals surface area (Å²) in [6.07, 6.45) is 0. The Morgan fingerprint density at radius 1 is 1.47 bits per heavy atom. The molecule has 1 rings (SSSR count). The van der Waals surface area contributed by atoms with Gasteiger partial charge in [0.15, 0.2) is 0 Å². The number of likely N-dealkylation sites (N-methyl/N-ethyl adjacent to an activating group) is 1. The molecule has 0 unspecified atom stereocenters. The fourth-order valence-corrected chi connectivity index (χ4v) is 1.78. The van der Waals surface area contributed by atoms with Crippen LogP contribution >= 0.6 is 15.9 Å². The average Bonchev–Trinajstić information content (AvgIpc) is 2.30. The van der Waals surface area contributed by atoms with E-state index in [1.807, 2.05) is 0 Å². The number of amides is 2. The van der Waals surface area contributed by atoms with E-state index in [2.05, 4.69) is 21.2 Å². The van der Waals surface area contributed by atoms with E-state index < -0.39 is 17.8 Å². The van der Waals surface area contributed by atoms with Gasteiger partial charge >= 0.3 is 0 Å². The van der Waals surface area contributed by atoms with Crippen LogP contribution in [-0.2, 0) is 9.59 Å². The lowest BCUT2D eigenvalue weighted by molar-refractivity contribution is -0.128. The van der Waals surface area contributed by atoms with E-state index in [1.165, 1.54) is 17.0 Å². The van der Waals surface area contributed by atoms with E-state index in [0.29, 0.717) is 4.47 Å². The van der Waals surface area contributed by atoms with E-state index in [4.69, 9.17) is 5.73 Å². The molecule has 0 fully saturated rings. The summed E-state index contributed by atoms with van der Waals surface area (Å²) < 4.78 is 14.3. The number of hydrogen-bond donors (Lipinski definition) is 2. The first-order chi connectivity index (χ1) is 8.82. The highest BCUT2D eigenvalue weighted by atomic mass is 79.9. The SMILES string of the molecule is CN(C)C(=O)CN[C@H](C(N)=O)c1ccc(Br)cc1F.